The van der Waals surface area contributed by atoms with Gasteiger partial charge in [-0.2, -0.15) is 5.10 Å². The van der Waals surface area contributed by atoms with Gasteiger partial charge in [0.15, 0.2) is 5.69 Å². The number of aromatic carboxylic acids is 1. The Balaban J connectivity index is 3.28. The Hall–Kier alpha value is -1.85. The summed E-state index contributed by atoms with van der Waals surface area (Å²) < 4.78 is 1.35. The van der Waals surface area contributed by atoms with E-state index in [1.807, 2.05) is 0 Å². The lowest BCUT2D eigenvalue weighted by Gasteiger charge is -2.03. The molecule has 0 aromatic carbocycles. The van der Waals surface area contributed by atoms with E-state index in [0.29, 0.717) is 12.2 Å². The predicted octanol–water partition coefficient (Wildman–Crippen LogP) is 0.868. The molecule has 0 spiro atoms. The van der Waals surface area contributed by atoms with Gasteiger partial charge in [-0.1, -0.05) is 0 Å². The largest absolute Gasteiger partial charge is 0.476 e. The van der Waals surface area contributed by atoms with Crippen molar-refractivity contribution < 1.29 is 14.7 Å². The first-order chi connectivity index (χ1) is 6.97. The van der Waals surface area contributed by atoms with E-state index >= 15 is 0 Å². The van der Waals surface area contributed by atoms with Crippen molar-refractivity contribution in [3.05, 3.63) is 11.4 Å². The van der Waals surface area contributed by atoms with Crippen molar-refractivity contribution in [2.45, 2.75) is 27.3 Å². The lowest BCUT2D eigenvalue weighted by Crippen LogP contribution is -2.13. The lowest BCUT2D eigenvalue weighted by molar-refractivity contribution is -0.114. The number of amides is 1. The number of aromatic nitrogens is 2. The molecule has 1 heterocycles. The maximum absolute atomic E-state index is 11.0. The summed E-state index contributed by atoms with van der Waals surface area (Å²) in [6.07, 6.45) is 0. The zero-order chi connectivity index (χ0) is 11.6. The highest BCUT2D eigenvalue weighted by Crippen LogP contribution is 2.20. The molecule has 0 saturated carbocycles. The number of aryl methyl sites for hydroxylation is 2. The number of carbonyl (C=O) groups is 2. The zero-order valence-electron chi connectivity index (χ0n) is 8.87. The molecule has 1 aromatic rings. The van der Waals surface area contributed by atoms with Gasteiger partial charge in [0.2, 0.25) is 5.91 Å². The first-order valence-electron chi connectivity index (χ1n) is 4.55. The maximum atomic E-state index is 11.0. The van der Waals surface area contributed by atoms with Crippen molar-refractivity contribution in [2.24, 2.45) is 0 Å². The number of rotatable bonds is 3. The van der Waals surface area contributed by atoms with Crippen LogP contribution in [0.5, 0.6) is 0 Å². The highest BCUT2D eigenvalue weighted by molar-refractivity contribution is 5.99. The van der Waals surface area contributed by atoms with Crippen LogP contribution in [0.4, 0.5) is 5.69 Å². The molecule has 1 aromatic heterocycles. The highest BCUT2D eigenvalue weighted by atomic mass is 16.4. The molecule has 0 bridgehead atoms. The van der Waals surface area contributed by atoms with Gasteiger partial charge in [0, 0.05) is 13.5 Å². The van der Waals surface area contributed by atoms with Gasteiger partial charge in [-0.3, -0.25) is 9.48 Å². The molecule has 0 saturated heterocycles. The summed E-state index contributed by atoms with van der Waals surface area (Å²) in [5.74, 6) is -1.41. The van der Waals surface area contributed by atoms with E-state index in [1.54, 1.807) is 13.8 Å². The van der Waals surface area contributed by atoms with E-state index in [0.717, 1.165) is 0 Å². The van der Waals surface area contributed by atoms with Gasteiger partial charge in [-0.25, -0.2) is 4.79 Å². The van der Waals surface area contributed by atoms with Crippen LogP contribution in [0.3, 0.4) is 0 Å². The second kappa shape index (κ2) is 4.12. The van der Waals surface area contributed by atoms with Crippen molar-refractivity contribution in [1.29, 1.82) is 0 Å². The Morgan fingerprint density at radius 1 is 1.53 bits per heavy atom. The third-order valence-corrected chi connectivity index (χ3v) is 1.93. The van der Waals surface area contributed by atoms with Crippen LogP contribution in [-0.2, 0) is 11.3 Å². The third-order valence-electron chi connectivity index (χ3n) is 1.93. The molecule has 2 N–H and O–H groups in total. The summed E-state index contributed by atoms with van der Waals surface area (Å²) in [7, 11) is 0. The van der Waals surface area contributed by atoms with Crippen molar-refractivity contribution in [3.8, 4) is 0 Å². The van der Waals surface area contributed by atoms with Gasteiger partial charge in [0.25, 0.3) is 0 Å². The molecule has 1 amide bonds. The Morgan fingerprint density at radius 2 is 2.13 bits per heavy atom. The van der Waals surface area contributed by atoms with Crippen molar-refractivity contribution in [3.63, 3.8) is 0 Å². The van der Waals surface area contributed by atoms with Gasteiger partial charge in [0.1, 0.15) is 0 Å². The fourth-order valence-electron chi connectivity index (χ4n) is 1.35. The molecule has 0 aliphatic heterocycles. The van der Waals surface area contributed by atoms with Crippen LogP contribution in [0.15, 0.2) is 0 Å². The fourth-order valence-corrected chi connectivity index (χ4v) is 1.35. The van der Waals surface area contributed by atoms with Crippen LogP contribution in [-0.4, -0.2) is 26.8 Å². The molecule has 0 unspecified atom stereocenters. The number of hydrogen-bond acceptors (Lipinski definition) is 3. The Morgan fingerprint density at radius 3 is 2.53 bits per heavy atom. The van der Waals surface area contributed by atoms with Crippen molar-refractivity contribution in [1.82, 2.24) is 9.78 Å². The van der Waals surface area contributed by atoms with E-state index in [9.17, 15) is 9.59 Å². The van der Waals surface area contributed by atoms with E-state index in [-0.39, 0.29) is 17.3 Å². The smallest absolute Gasteiger partial charge is 0.356 e. The van der Waals surface area contributed by atoms with Crippen LogP contribution in [0.25, 0.3) is 0 Å². The molecule has 0 atom stereocenters. The minimum absolute atomic E-state index is 0.0187. The van der Waals surface area contributed by atoms with Gasteiger partial charge < -0.3 is 10.4 Å². The number of nitrogens with one attached hydrogen (secondary N) is 1. The average Bonchev–Trinajstić information content (AvgIpc) is 2.42. The molecule has 0 aliphatic carbocycles. The minimum atomic E-state index is -1.10. The lowest BCUT2D eigenvalue weighted by atomic mass is 10.3. The monoisotopic (exact) mass is 211 g/mol. The molecule has 82 valence electrons. The minimum Gasteiger partial charge on any atom is -0.476 e. The van der Waals surface area contributed by atoms with Gasteiger partial charge in [-0.15, -0.1) is 0 Å². The number of anilines is 1. The average molecular weight is 211 g/mol. The van der Waals surface area contributed by atoms with Crippen molar-refractivity contribution >= 4 is 17.6 Å². The van der Waals surface area contributed by atoms with Crippen LogP contribution in [0.1, 0.15) is 30.0 Å². The van der Waals surface area contributed by atoms with E-state index < -0.39 is 5.97 Å². The molecule has 0 fully saturated rings. The topological polar surface area (TPSA) is 84.2 Å². The van der Waals surface area contributed by atoms with Crippen LogP contribution in [0.2, 0.25) is 0 Å². The number of carbonyl (C=O) groups excluding carboxylic acids is 1. The predicted molar refractivity (Wildman–Crippen MR) is 53.9 cm³/mol. The Labute approximate surface area is 86.9 Å². The molecule has 6 heteroatoms. The van der Waals surface area contributed by atoms with E-state index in [4.69, 9.17) is 5.11 Å². The Kier molecular flexibility index (Phi) is 3.08. The standard InChI is InChI=1S/C9H13N3O3/c1-4-12-8(9(14)15)7(5(2)11-12)10-6(3)13/h4H2,1-3H3,(H,10,13)(H,14,15). The second-order valence-electron chi connectivity index (χ2n) is 3.11. The summed E-state index contributed by atoms with van der Waals surface area (Å²) >= 11 is 0. The summed E-state index contributed by atoms with van der Waals surface area (Å²) in [5.41, 5.74) is 0.798. The Bertz CT molecular complexity index is 409. The van der Waals surface area contributed by atoms with Crippen LogP contribution >= 0.6 is 0 Å². The van der Waals surface area contributed by atoms with Gasteiger partial charge in [0.05, 0.1) is 11.4 Å². The molecule has 6 nitrogen and oxygen atoms in total. The molecule has 1 rings (SSSR count). The third kappa shape index (κ3) is 2.15. The number of hydrogen-bond donors (Lipinski definition) is 2. The molecule has 0 aliphatic rings. The number of nitrogens with zero attached hydrogens (tertiary/aromatic N) is 2. The summed E-state index contributed by atoms with van der Waals surface area (Å²) in [5, 5.41) is 15.5. The van der Waals surface area contributed by atoms with Gasteiger partial charge in [-0.05, 0) is 13.8 Å². The summed E-state index contributed by atoms with van der Waals surface area (Å²) in [6.45, 7) is 5.22. The molecule has 15 heavy (non-hydrogen) atoms. The SMILES string of the molecule is CCn1nc(C)c(NC(C)=O)c1C(=O)O. The number of carboxylic acids is 1. The van der Waals surface area contributed by atoms with Crippen LogP contribution < -0.4 is 5.32 Å². The van der Waals surface area contributed by atoms with E-state index in [2.05, 4.69) is 10.4 Å². The first kappa shape index (κ1) is 11.2. The maximum Gasteiger partial charge on any atom is 0.356 e. The number of carboxylic acid groups (broad SMARTS) is 1. The highest BCUT2D eigenvalue weighted by Gasteiger charge is 2.20. The first-order valence-corrected chi connectivity index (χ1v) is 4.55. The van der Waals surface area contributed by atoms with Crippen LogP contribution in [0, 0.1) is 6.92 Å². The molecular formula is C9H13N3O3. The zero-order valence-corrected chi connectivity index (χ0v) is 8.87. The molecule has 0 radical (unpaired) electrons. The quantitative estimate of drug-likeness (QED) is 0.776. The normalized spacial score (nSPS) is 10.1. The van der Waals surface area contributed by atoms with E-state index in [1.165, 1.54) is 11.6 Å². The fraction of sp³-hybridized carbons (Fsp3) is 0.444. The van der Waals surface area contributed by atoms with Gasteiger partial charge >= 0.3 is 5.97 Å². The molecular weight excluding hydrogens is 198 g/mol. The van der Waals surface area contributed by atoms with Crippen molar-refractivity contribution in [2.75, 3.05) is 5.32 Å². The summed E-state index contributed by atoms with van der Waals surface area (Å²) in [6, 6.07) is 0. The summed E-state index contributed by atoms with van der Waals surface area (Å²) in [4.78, 5) is 21.9. The second-order valence-corrected chi connectivity index (χ2v) is 3.11.